The Morgan fingerprint density at radius 2 is 1.69 bits per heavy atom. The minimum absolute atomic E-state index is 0.0194. The number of halogens is 3. The van der Waals surface area contributed by atoms with Crippen molar-refractivity contribution in [1.82, 2.24) is 4.90 Å². The van der Waals surface area contributed by atoms with Crippen LogP contribution >= 0.6 is 0 Å². The van der Waals surface area contributed by atoms with E-state index < -0.39 is 29.0 Å². The Morgan fingerprint density at radius 3 is 2.31 bits per heavy atom. The molecule has 10 heteroatoms. The summed E-state index contributed by atoms with van der Waals surface area (Å²) in [7, 11) is 0. The van der Waals surface area contributed by atoms with Crippen LogP contribution in [0.4, 0.5) is 29.3 Å². The zero-order chi connectivity index (χ0) is 26.1. The SMILES string of the molecule is CC(C)(C)OC(=O)N1CCC2(CC1)CN(c1c(N)ccc(Oc3ccccc3)c1C(F)(F)F)CCO2. The zero-order valence-electron chi connectivity index (χ0n) is 20.7. The molecule has 7 nitrogen and oxygen atoms in total. The van der Waals surface area contributed by atoms with Crippen molar-refractivity contribution >= 4 is 17.5 Å². The molecule has 1 spiro atoms. The molecule has 0 radical (unpaired) electrons. The summed E-state index contributed by atoms with van der Waals surface area (Å²) in [6, 6.07) is 11.0. The first kappa shape index (κ1) is 25.9. The molecule has 2 aliphatic heterocycles. The topological polar surface area (TPSA) is 77.3 Å². The average Bonchev–Trinajstić information content (AvgIpc) is 2.79. The van der Waals surface area contributed by atoms with Crippen molar-refractivity contribution in [2.75, 3.05) is 43.4 Å². The summed E-state index contributed by atoms with van der Waals surface area (Å²) in [5.74, 6) is -0.00938. The third-order valence-corrected chi connectivity index (χ3v) is 6.32. The van der Waals surface area contributed by atoms with Gasteiger partial charge in [-0.3, -0.25) is 0 Å². The number of anilines is 2. The van der Waals surface area contributed by atoms with Crippen LogP contribution in [0.1, 0.15) is 39.2 Å². The fourth-order valence-electron chi connectivity index (χ4n) is 4.67. The fraction of sp³-hybridized carbons (Fsp3) is 0.500. The lowest BCUT2D eigenvalue weighted by molar-refractivity contribution is -0.138. The lowest BCUT2D eigenvalue weighted by atomic mass is 9.89. The van der Waals surface area contributed by atoms with E-state index in [1.54, 1.807) is 60.9 Å². The first-order valence-corrected chi connectivity index (χ1v) is 12.0. The van der Waals surface area contributed by atoms with Gasteiger partial charge in [0, 0.05) is 26.2 Å². The van der Waals surface area contributed by atoms with Gasteiger partial charge in [0.25, 0.3) is 0 Å². The maximum absolute atomic E-state index is 14.4. The number of hydrogen-bond donors (Lipinski definition) is 1. The summed E-state index contributed by atoms with van der Waals surface area (Å²) in [6.45, 7) is 6.90. The smallest absolute Gasteiger partial charge is 0.422 e. The van der Waals surface area contributed by atoms with Gasteiger partial charge in [-0.15, -0.1) is 0 Å². The number of hydrogen-bond acceptors (Lipinski definition) is 6. The highest BCUT2D eigenvalue weighted by Gasteiger charge is 2.45. The molecule has 4 rings (SSSR count). The third kappa shape index (κ3) is 5.80. The highest BCUT2D eigenvalue weighted by atomic mass is 19.4. The molecule has 2 heterocycles. The predicted octanol–water partition coefficient (Wildman–Crippen LogP) is 5.69. The van der Waals surface area contributed by atoms with Crippen LogP contribution in [0.3, 0.4) is 0 Å². The number of amides is 1. The minimum atomic E-state index is -4.69. The van der Waals surface area contributed by atoms with Gasteiger partial charge in [-0.1, -0.05) is 18.2 Å². The van der Waals surface area contributed by atoms with Gasteiger partial charge in [0.15, 0.2) is 0 Å². The van der Waals surface area contributed by atoms with E-state index in [0.717, 1.165) is 0 Å². The van der Waals surface area contributed by atoms with Gasteiger partial charge >= 0.3 is 12.3 Å². The fourth-order valence-corrected chi connectivity index (χ4v) is 4.67. The predicted molar refractivity (Wildman–Crippen MR) is 130 cm³/mol. The largest absolute Gasteiger partial charge is 0.457 e. The van der Waals surface area contributed by atoms with E-state index >= 15 is 0 Å². The maximum Gasteiger partial charge on any atom is 0.422 e. The Labute approximate surface area is 208 Å². The second-order valence-electron chi connectivity index (χ2n) is 10.2. The molecule has 0 unspecified atom stereocenters. The van der Waals surface area contributed by atoms with Crippen LogP contribution in [0.25, 0.3) is 0 Å². The van der Waals surface area contributed by atoms with Crippen molar-refractivity contribution in [1.29, 1.82) is 0 Å². The Hall–Kier alpha value is -3.14. The quantitative estimate of drug-likeness (QED) is 0.538. The van der Waals surface area contributed by atoms with E-state index in [4.69, 9.17) is 19.9 Å². The number of likely N-dealkylation sites (tertiary alicyclic amines) is 1. The van der Waals surface area contributed by atoms with E-state index in [9.17, 15) is 18.0 Å². The molecule has 2 N–H and O–H groups in total. The number of para-hydroxylation sites is 1. The summed E-state index contributed by atoms with van der Waals surface area (Å²) in [5.41, 5.74) is 3.85. The number of morpholine rings is 1. The molecule has 0 bridgehead atoms. The lowest BCUT2D eigenvalue weighted by Crippen LogP contribution is -2.58. The monoisotopic (exact) mass is 507 g/mol. The van der Waals surface area contributed by atoms with Gasteiger partial charge in [-0.05, 0) is 57.9 Å². The minimum Gasteiger partial charge on any atom is -0.457 e. The summed E-state index contributed by atoms with van der Waals surface area (Å²) in [6.07, 6.45) is -4.14. The zero-order valence-corrected chi connectivity index (χ0v) is 20.7. The highest BCUT2D eigenvalue weighted by Crippen LogP contribution is 2.48. The summed E-state index contributed by atoms with van der Waals surface area (Å²) < 4.78 is 60.4. The van der Waals surface area contributed by atoms with Crippen LogP contribution in [0.5, 0.6) is 11.5 Å². The number of nitrogen functional groups attached to an aromatic ring is 1. The Kier molecular flexibility index (Phi) is 7.01. The van der Waals surface area contributed by atoms with Crippen molar-refractivity contribution < 1.29 is 32.2 Å². The van der Waals surface area contributed by atoms with Crippen molar-refractivity contribution in [2.45, 2.75) is 51.0 Å². The number of nitrogens with zero attached hydrogens (tertiary/aromatic N) is 2. The second kappa shape index (κ2) is 9.72. The van der Waals surface area contributed by atoms with Crippen LogP contribution in [-0.2, 0) is 15.7 Å². The van der Waals surface area contributed by atoms with E-state index in [1.807, 2.05) is 0 Å². The second-order valence-corrected chi connectivity index (χ2v) is 10.2. The molecule has 2 aromatic rings. The maximum atomic E-state index is 14.4. The summed E-state index contributed by atoms with van der Waals surface area (Å²) in [4.78, 5) is 15.7. The number of nitrogens with two attached hydrogens (primary N) is 1. The molecule has 1 amide bonds. The average molecular weight is 508 g/mol. The third-order valence-electron chi connectivity index (χ3n) is 6.32. The van der Waals surface area contributed by atoms with Crippen LogP contribution in [0.15, 0.2) is 42.5 Å². The van der Waals surface area contributed by atoms with Crippen LogP contribution in [0, 0.1) is 0 Å². The van der Waals surface area contributed by atoms with Crippen molar-refractivity contribution in [3.05, 3.63) is 48.0 Å². The van der Waals surface area contributed by atoms with Gasteiger partial charge in [0.1, 0.15) is 22.7 Å². The summed E-state index contributed by atoms with van der Waals surface area (Å²) in [5, 5.41) is 0. The number of carbonyl (C=O) groups is 1. The van der Waals surface area contributed by atoms with E-state index in [2.05, 4.69) is 0 Å². The molecule has 0 saturated carbocycles. The Balaban J connectivity index is 1.58. The Bertz CT molecular complexity index is 1080. The molecule has 36 heavy (non-hydrogen) atoms. The number of benzene rings is 2. The molecule has 0 aromatic heterocycles. The lowest BCUT2D eigenvalue weighted by Gasteiger charge is -2.48. The van der Waals surface area contributed by atoms with E-state index in [1.165, 1.54) is 12.1 Å². The van der Waals surface area contributed by atoms with Crippen molar-refractivity contribution in [3.8, 4) is 11.5 Å². The molecule has 0 atom stereocenters. The molecule has 2 saturated heterocycles. The van der Waals surface area contributed by atoms with Gasteiger partial charge in [0.05, 0.1) is 23.6 Å². The van der Waals surface area contributed by atoms with E-state index in [0.29, 0.717) is 31.7 Å². The van der Waals surface area contributed by atoms with Gasteiger partial charge in [-0.25, -0.2) is 4.79 Å². The van der Waals surface area contributed by atoms with Crippen LogP contribution in [0.2, 0.25) is 0 Å². The number of ether oxygens (including phenoxy) is 3. The van der Waals surface area contributed by atoms with Gasteiger partial charge in [-0.2, -0.15) is 13.2 Å². The normalized spacial score (nSPS) is 18.3. The molecule has 2 fully saturated rings. The Morgan fingerprint density at radius 1 is 1.03 bits per heavy atom. The molecular formula is C26H32F3N3O4. The number of carbonyl (C=O) groups excluding carboxylic acids is 1. The van der Waals surface area contributed by atoms with Crippen molar-refractivity contribution in [3.63, 3.8) is 0 Å². The molecule has 2 aromatic carbocycles. The van der Waals surface area contributed by atoms with Gasteiger partial charge in [0.2, 0.25) is 0 Å². The molecule has 0 aliphatic carbocycles. The number of rotatable bonds is 3. The molecular weight excluding hydrogens is 475 g/mol. The number of alkyl halides is 3. The first-order valence-electron chi connectivity index (χ1n) is 12.0. The highest BCUT2D eigenvalue weighted by molar-refractivity contribution is 5.76. The standard InChI is InChI=1S/C26H32F3N3O4/c1-24(2,3)36-23(33)31-13-11-25(12-14-31)17-32(15-16-34-25)22-19(30)9-10-20(21(22)26(27,28)29)35-18-7-5-4-6-8-18/h4-10H,11-17,30H2,1-3H3. The first-order chi connectivity index (χ1) is 16.9. The van der Waals surface area contributed by atoms with Crippen LogP contribution < -0.4 is 15.4 Å². The molecule has 196 valence electrons. The van der Waals surface area contributed by atoms with Crippen LogP contribution in [-0.4, -0.2) is 55.0 Å². The van der Waals surface area contributed by atoms with E-state index in [-0.39, 0.29) is 36.8 Å². The summed E-state index contributed by atoms with van der Waals surface area (Å²) >= 11 is 0. The van der Waals surface area contributed by atoms with Gasteiger partial charge < -0.3 is 29.7 Å². The molecule has 2 aliphatic rings. The number of piperidine rings is 1. The van der Waals surface area contributed by atoms with Crippen molar-refractivity contribution in [2.24, 2.45) is 0 Å².